The van der Waals surface area contributed by atoms with Gasteiger partial charge in [0.2, 0.25) is 5.91 Å². The average molecular weight is 324 g/mol. The monoisotopic (exact) mass is 324 g/mol. The van der Waals surface area contributed by atoms with Crippen LogP contribution in [0.3, 0.4) is 0 Å². The van der Waals surface area contributed by atoms with Crippen molar-refractivity contribution in [3.05, 3.63) is 29.8 Å². The summed E-state index contributed by atoms with van der Waals surface area (Å²) in [6.07, 6.45) is 1.20. The lowest BCUT2D eigenvalue weighted by Crippen LogP contribution is -2.23. The molecule has 0 atom stereocenters. The predicted octanol–water partition coefficient (Wildman–Crippen LogP) is 1.37. The van der Waals surface area contributed by atoms with E-state index in [1.54, 1.807) is 6.07 Å². The summed E-state index contributed by atoms with van der Waals surface area (Å²) < 4.78 is 5.29. The number of carbonyl (C=O) groups excluding carboxylic acids is 2. The number of hydrogen-bond donors (Lipinski definition) is 3. The molecule has 4 N–H and O–H groups in total. The van der Waals surface area contributed by atoms with Crippen molar-refractivity contribution in [2.75, 3.05) is 25.1 Å². The largest absolute Gasteiger partial charge is 0.496 e. The molecule has 1 aromatic rings. The van der Waals surface area contributed by atoms with E-state index in [4.69, 9.17) is 10.5 Å². The fourth-order valence-corrected chi connectivity index (χ4v) is 2.91. The van der Waals surface area contributed by atoms with Crippen LogP contribution < -0.4 is 15.8 Å². The van der Waals surface area contributed by atoms with E-state index in [0.29, 0.717) is 34.1 Å². The highest BCUT2D eigenvalue weighted by molar-refractivity contribution is 7.99. The highest BCUT2D eigenvalue weighted by atomic mass is 32.2. The summed E-state index contributed by atoms with van der Waals surface area (Å²) >= 11 is 1.38. The topological polar surface area (TPSA) is 102 Å². The maximum atomic E-state index is 11.6. The van der Waals surface area contributed by atoms with Gasteiger partial charge in [-0.25, -0.2) is 0 Å². The third-order valence-electron chi connectivity index (χ3n) is 2.98. The molecule has 0 radical (unpaired) electrons. The molecule has 0 saturated heterocycles. The zero-order valence-corrected chi connectivity index (χ0v) is 13.5. The summed E-state index contributed by atoms with van der Waals surface area (Å²) in [7, 11) is 1.49. The number of nitrogen functional groups attached to an aromatic ring is 1. The second-order valence-corrected chi connectivity index (χ2v) is 5.51. The minimum atomic E-state index is -0.301. The smallest absolute Gasteiger partial charge is 0.243 e. The normalized spacial score (nSPS) is 10.1. The number of nitrogens with one attached hydrogen (secondary N) is 1. The number of carbonyl (C=O) groups is 2. The number of rotatable bonds is 8. The van der Waals surface area contributed by atoms with Gasteiger partial charge in [0.1, 0.15) is 5.75 Å². The van der Waals surface area contributed by atoms with Gasteiger partial charge in [-0.05, 0) is 19.1 Å². The number of benzene rings is 1. The lowest BCUT2D eigenvalue weighted by molar-refractivity contribution is -0.116. The molecule has 0 saturated carbocycles. The van der Waals surface area contributed by atoms with Gasteiger partial charge in [0, 0.05) is 29.1 Å². The van der Waals surface area contributed by atoms with Gasteiger partial charge >= 0.3 is 0 Å². The first-order valence-electron chi connectivity index (χ1n) is 6.60. The van der Waals surface area contributed by atoms with E-state index in [2.05, 4.69) is 11.9 Å². The fourth-order valence-electron chi connectivity index (χ4n) is 1.87. The molecular formula is C15H20N2O4S. The average Bonchev–Trinajstić information content (AvgIpc) is 2.50. The molecule has 6 nitrogen and oxygen atoms in total. The minimum Gasteiger partial charge on any atom is -0.496 e. The molecule has 7 heteroatoms. The van der Waals surface area contributed by atoms with Gasteiger partial charge in [-0.2, -0.15) is 0 Å². The van der Waals surface area contributed by atoms with Gasteiger partial charge in [0.15, 0.2) is 5.78 Å². The van der Waals surface area contributed by atoms with Crippen LogP contribution in [0.2, 0.25) is 0 Å². The lowest BCUT2D eigenvalue weighted by Gasteiger charge is -2.17. The summed E-state index contributed by atoms with van der Waals surface area (Å²) in [5, 5.41) is 12.2. The maximum absolute atomic E-state index is 11.6. The highest BCUT2D eigenvalue weighted by Gasteiger charge is 2.18. The summed E-state index contributed by atoms with van der Waals surface area (Å²) in [6.45, 7) is 4.90. The van der Waals surface area contributed by atoms with Crippen LogP contribution in [-0.2, 0) is 11.4 Å². The van der Waals surface area contributed by atoms with Gasteiger partial charge in [-0.1, -0.05) is 6.58 Å². The first kappa shape index (κ1) is 18.1. The van der Waals surface area contributed by atoms with Crippen molar-refractivity contribution < 1.29 is 19.4 Å². The Kier molecular flexibility index (Phi) is 6.94. The number of hydrogen-bond acceptors (Lipinski definition) is 6. The number of ketones is 1. The first-order valence-corrected chi connectivity index (χ1v) is 7.59. The summed E-state index contributed by atoms with van der Waals surface area (Å²) in [5.74, 6) is 0.590. The van der Waals surface area contributed by atoms with Crippen LogP contribution in [0.5, 0.6) is 5.75 Å². The molecule has 1 amide bonds. The summed E-state index contributed by atoms with van der Waals surface area (Å²) in [4.78, 5) is 23.4. The first-order chi connectivity index (χ1) is 10.5. The van der Waals surface area contributed by atoms with Crippen molar-refractivity contribution >= 4 is 29.1 Å². The fraction of sp³-hybridized carbons (Fsp3) is 0.333. The third-order valence-corrected chi connectivity index (χ3v) is 4.12. The Balaban J connectivity index is 3.02. The molecule has 0 unspecified atom stereocenters. The van der Waals surface area contributed by atoms with E-state index in [-0.39, 0.29) is 24.0 Å². The summed E-state index contributed by atoms with van der Waals surface area (Å²) in [5.41, 5.74) is 7.01. The Morgan fingerprint density at radius 2 is 2.23 bits per heavy atom. The molecule has 120 valence electrons. The van der Waals surface area contributed by atoms with Crippen molar-refractivity contribution in [1.82, 2.24) is 5.32 Å². The van der Waals surface area contributed by atoms with E-state index in [1.807, 2.05) is 0 Å². The number of ether oxygens (including phenoxy) is 1. The number of Topliss-reactive ketones (excluding diaryl/α,β-unsaturated/α-hetero) is 1. The molecule has 1 rings (SSSR count). The van der Waals surface area contributed by atoms with Gasteiger partial charge in [-0.3, -0.25) is 9.59 Å². The van der Waals surface area contributed by atoms with Crippen molar-refractivity contribution in [2.45, 2.75) is 18.4 Å². The molecule has 0 aromatic heterocycles. The number of aliphatic hydroxyl groups is 1. The van der Waals surface area contributed by atoms with Crippen molar-refractivity contribution in [3.63, 3.8) is 0 Å². The van der Waals surface area contributed by atoms with Gasteiger partial charge in [0.05, 0.1) is 18.6 Å². The van der Waals surface area contributed by atoms with Crippen LogP contribution in [0.25, 0.3) is 0 Å². The Hall–Kier alpha value is -1.99. The van der Waals surface area contributed by atoms with E-state index in [0.717, 1.165) is 0 Å². The van der Waals surface area contributed by atoms with E-state index < -0.39 is 0 Å². The number of amides is 1. The van der Waals surface area contributed by atoms with Crippen molar-refractivity contribution in [3.8, 4) is 5.75 Å². The number of anilines is 1. The zero-order chi connectivity index (χ0) is 16.7. The predicted molar refractivity (Wildman–Crippen MR) is 87.3 cm³/mol. The molecule has 0 spiro atoms. The van der Waals surface area contributed by atoms with Crippen LogP contribution in [0.15, 0.2) is 23.6 Å². The van der Waals surface area contributed by atoms with Crippen LogP contribution in [-0.4, -0.2) is 36.2 Å². The quantitative estimate of drug-likeness (QED) is 0.219. The Bertz CT molecular complexity index is 587. The van der Waals surface area contributed by atoms with E-state index in [1.165, 1.54) is 31.9 Å². The van der Waals surface area contributed by atoms with E-state index >= 15 is 0 Å². The molecule has 0 aliphatic rings. The van der Waals surface area contributed by atoms with Gasteiger partial charge in [0.25, 0.3) is 0 Å². The van der Waals surface area contributed by atoms with Crippen molar-refractivity contribution in [1.29, 1.82) is 0 Å². The number of aliphatic hydroxyl groups excluding tert-OH is 1. The molecule has 0 aliphatic carbocycles. The molecule has 0 fully saturated rings. The molecule has 22 heavy (non-hydrogen) atoms. The highest BCUT2D eigenvalue weighted by Crippen LogP contribution is 2.38. The van der Waals surface area contributed by atoms with Crippen LogP contribution in [0.4, 0.5) is 5.69 Å². The Morgan fingerprint density at radius 3 is 2.73 bits per heavy atom. The maximum Gasteiger partial charge on any atom is 0.243 e. The minimum absolute atomic E-state index is 0.194. The third kappa shape index (κ3) is 4.25. The van der Waals surface area contributed by atoms with Gasteiger partial charge < -0.3 is 20.9 Å². The molecule has 1 aromatic carbocycles. The lowest BCUT2D eigenvalue weighted by atomic mass is 10.0. The second-order valence-electron chi connectivity index (χ2n) is 4.41. The van der Waals surface area contributed by atoms with Gasteiger partial charge in [-0.15, -0.1) is 11.8 Å². The number of nitrogens with two attached hydrogens (primary N) is 1. The molecule has 0 bridgehead atoms. The van der Waals surface area contributed by atoms with Crippen LogP contribution in [0, 0.1) is 0 Å². The number of thioether (sulfide) groups is 1. The molecular weight excluding hydrogens is 304 g/mol. The SMILES string of the molecule is C=CC(=O)NCCSc1c(OC)cc(C(C)=O)c(N)c1CO. The standard InChI is InChI=1S/C15H20N2O4S/c1-4-13(20)17-5-6-22-15-11(8-18)14(16)10(9(2)19)7-12(15)21-3/h4,7,18H,1,5-6,8,16H2,2-3H3,(H,17,20). The zero-order valence-electron chi connectivity index (χ0n) is 12.6. The Labute approximate surface area is 133 Å². The summed E-state index contributed by atoms with van der Waals surface area (Å²) in [6, 6.07) is 1.57. The van der Waals surface area contributed by atoms with Crippen LogP contribution in [0.1, 0.15) is 22.8 Å². The molecule has 0 aliphatic heterocycles. The number of methoxy groups -OCH3 is 1. The Morgan fingerprint density at radius 1 is 1.55 bits per heavy atom. The van der Waals surface area contributed by atoms with Crippen LogP contribution >= 0.6 is 11.8 Å². The second kappa shape index (κ2) is 8.45. The molecule has 0 heterocycles. The van der Waals surface area contributed by atoms with E-state index in [9.17, 15) is 14.7 Å². The van der Waals surface area contributed by atoms with Crippen molar-refractivity contribution in [2.24, 2.45) is 0 Å².